The summed E-state index contributed by atoms with van der Waals surface area (Å²) in [7, 11) is 0. The molecule has 250 valence electrons. The number of nitrogens with zero attached hydrogens (tertiary/aromatic N) is 6. The minimum absolute atomic E-state index is 0.0640. The second kappa shape index (κ2) is 12.8. The molecule has 8 rings (SSSR count). The number of carbonyl (C=O) groups is 4. The molecule has 0 saturated carbocycles. The van der Waals surface area contributed by atoms with E-state index in [2.05, 4.69) is 54.5 Å². The molecular weight excluding hydrogens is 657 g/mol. The smallest absolute Gasteiger partial charge is 0.264 e. The maximum Gasteiger partial charge on any atom is 0.264 e. The quantitative estimate of drug-likeness (QED) is 0.194. The van der Waals surface area contributed by atoms with E-state index in [4.69, 9.17) is 4.74 Å². The van der Waals surface area contributed by atoms with Crippen molar-refractivity contribution >= 4 is 40.7 Å². The zero-order valence-corrected chi connectivity index (χ0v) is 27.7. The molecule has 1 atom stereocenters. The molecule has 0 aliphatic carbocycles. The summed E-state index contributed by atoms with van der Waals surface area (Å²) in [6.07, 6.45) is 4.43. The van der Waals surface area contributed by atoms with Crippen molar-refractivity contribution in [1.29, 1.82) is 0 Å². The fourth-order valence-electron chi connectivity index (χ4n) is 6.50. The third kappa shape index (κ3) is 5.71. The number of nitrogens with one attached hydrogen (secondary N) is 2. The molecule has 6 heterocycles. The average molecular weight is 687 g/mol. The number of benzene rings is 2. The lowest BCUT2D eigenvalue weighted by molar-refractivity contribution is -0.136. The molecule has 1 saturated heterocycles. The van der Waals surface area contributed by atoms with Crippen molar-refractivity contribution in [3.8, 4) is 17.6 Å². The van der Waals surface area contributed by atoms with Crippen molar-refractivity contribution in [2.24, 2.45) is 0 Å². The molecule has 4 amide bonds. The molecule has 2 aromatic carbocycles. The van der Waals surface area contributed by atoms with Gasteiger partial charge >= 0.3 is 0 Å². The molecule has 14 heteroatoms. The van der Waals surface area contributed by atoms with Crippen LogP contribution in [0.1, 0.15) is 71.7 Å². The molecule has 5 aromatic rings. The van der Waals surface area contributed by atoms with Gasteiger partial charge in [-0.1, -0.05) is 48.2 Å². The first-order valence-corrected chi connectivity index (χ1v) is 17.0. The van der Waals surface area contributed by atoms with Gasteiger partial charge in [-0.2, -0.15) is 5.10 Å². The van der Waals surface area contributed by atoms with E-state index < -0.39 is 29.7 Å². The Morgan fingerprint density at radius 3 is 2.74 bits per heavy atom. The van der Waals surface area contributed by atoms with Gasteiger partial charge in [0.25, 0.3) is 11.8 Å². The van der Waals surface area contributed by atoms with Crippen LogP contribution in [0, 0.1) is 18.8 Å². The number of ether oxygens (including phenoxy) is 1. The van der Waals surface area contributed by atoms with Gasteiger partial charge in [0.05, 0.1) is 45.7 Å². The minimum atomic E-state index is -1.02. The molecule has 0 bridgehead atoms. The van der Waals surface area contributed by atoms with E-state index >= 15 is 0 Å². The van der Waals surface area contributed by atoms with Crippen molar-refractivity contribution in [3.63, 3.8) is 0 Å². The van der Waals surface area contributed by atoms with Crippen molar-refractivity contribution in [1.82, 2.24) is 34.8 Å². The largest absolute Gasteiger partial charge is 0.484 e. The summed E-state index contributed by atoms with van der Waals surface area (Å²) in [6, 6.07) is 14.2. The lowest BCUT2D eigenvalue weighted by atomic mass is 10.0. The summed E-state index contributed by atoms with van der Waals surface area (Å²) in [5, 5.41) is 18.4. The van der Waals surface area contributed by atoms with Gasteiger partial charge in [-0.25, -0.2) is 0 Å². The van der Waals surface area contributed by atoms with Crippen molar-refractivity contribution < 1.29 is 23.9 Å². The SMILES string of the molecule is Cc1nnc2n1Cc1sc(C#Cc3cnn(CCNc4cccc5c4C(=O)N(C4CCC(=O)NC4=O)C5=O)c3)c(Cc3ccccc3)c1OC2. The highest BCUT2D eigenvalue weighted by Crippen LogP contribution is 2.39. The Labute approximate surface area is 290 Å². The number of carbonyl (C=O) groups excluding carboxylic acids is 4. The molecule has 3 aliphatic heterocycles. The van der Waals surface area contributed by atoms with Gasteiger partial charge in [-0.3, -0.25) is 34.1 Å². The van der Waals surface area contributed by atoms with Gasteiger partial charge < -0.3 is 14.6 Å². The standard InChI is InChI=1S/C36H30N8O5S/c1-21-40-41-30-20-49-33-25(16-22-6-3-2-4-7-22)28(50-29(33)19-43(21)30)12-10-23-17-38-42(18-23)15-14-37-26-9-5-8-24-32(26)36(48)44(35(24)47)27-11-13-31(45)39-34(27)46/h2-9,17-18,27,37H,11,13-16,19-20H2,1H3,(H,39,45,46). The number of anilines is 1. The zero-order valence-electron chi connectivity index (χ0n) is 26.9. The van der Waals surface area contributed by atoms with Gasteiger partial charge in [-0.05, 0) is 31.0 Å². The molecule has 1 unspecified atom stereocenters. The van der Waals surface area contributed by atoms with Gasteiger partial charge in [0.1, 0.15) is 24.2 Å². The fraction of sp³-hybridized carbons (Fsp3) is 0.250. The summed E-state index contributed by atoms with van der Waals surface area (Å²) < 4.78 is 10.2. The normalized spacial score (nSPS) is 16.5. The number of thiophene rings is 1. The van der Waals surface area contributed by atoms with E-state index in [9.17, 15) is 19.2 Å². The van der Waals surface area contributed by atoms with Gasteiger partial charge in [-0.15, -0.1) is 21.5 Å². The monoisotopic (exact) mass is 686 g/mol. The average Bonchev–Trinajstić information content (AvgIpc) is 3.83. The first-order chi connectivity index (χ1) is 24.3. The lowest BCUT2D eigenvalue weighted by Crippen LogP contribution is -2.54. The second-order valence-corrected chi connectivity index (χ2v) is 13.3. The van der Waals surface area contributed by atoms with Crippen molar-refractivity contribution in [2.45, 2.75) is 51.9 Å². The Hall–Kier alpha value is -6.07. The minimum Gasteiger partial charge on any atom is -0.484 e. The lowest BCUT2D eigenvalue weighted by Gasteiger charge is -2.27. The van der Waals surface area contributed by atoms with Crippen LogP contribution in [0.2, 0.25) is 0 Å². The predicted molar refractivity (Wildman–Crippen MR) is 182 cm³/mol. The Morgan fingerprint density at radius 1 is 1.04 bits per heavy atom. The van der Waals surface area contributed by atoms with Crippen LogP contribution < -0.4 is 15.4 Å². The van der Waals surface area contributed by atoms with Crippen LogP contribution in [0.5, 0.6) is 5.75 Å². The van der Waals surface area contributed by atoms with Crippen LogP contribution in [-0.4, -0.2) is 65.7 Å². The molecule has 3 aromatic heterocycles. The number of aromatic nitrogens is 5. The van der Waals surface area contributed by atoms with Gasteiger partial charge in [0.2, 0.25) is 11.8 Å². The van der Waals surface area contributed by atoms with E-state index in [-0.39, 0.29) is 24.0 Å². The number of imide groups is 2. The Balaban J connectivity index is 0.973. The van der Waals surface area contributed by atoms with Gasteiger partial charge in [0.15, 0.2) is 5.82 Å². The first-order valence-electron chi connectivity index (χ1n) is 16.2. The molecule has 13 nitrogen and oxygen atoms in total. The van der Waals surface area contributed by atoms with E-state index in [1.807, 2.05) is 31.3 Å². The van der Waals surface area contributed by atoms with E-state index in [1.165, 1.54) is 5.56 Å². The highest BCUT2D eigenvalue weighted by atomic mass is 32.1. The maximum atomic E-state index is 13.4. The number of piperidine rings is 1. The summed E-state index contributed by atoms with van der Waals surface area (Å²) in [6.45, 7) is 3.78. The molecule has 0 spiro atoms. The Kier molecular flexibility index (Phi) is 7.96. The molecule has 0 radical (unpaired) electrons. The van der Waals surface area contributed by atoms with Crippen LogP contribution in [0.3, 0.4) is 0 Å². The summed E-state index contributed by atoms with van der Waals surface area (Å²) >= 11 is 1.62. The number of rotatable bonds is 7. The molecular formula is C36H30N8O5S. The first kappa shape index (κ1) is 31.2. The third-order valence-corrected chi connectivity index (χ3v) is 10.1. The Bertz CT molecular complexity index is 2260. The highest BCUT2D eigenvalue weighted by molar-refractivity contribution is 7.13. The topological polar surface area (TPSA) is 153 Å². The summed E-state index contributed by atoms with van der Waals surface area (Å²) in [5.74, 6) is 7.02. The molecule has 3 aliphatic rings. The van der Waals surface area contributed by atoms with Crippen LogP contribution in [0.15, 0.2) is 60.9 Å². The summed E-state index contributed by atoms with van der Waals surface area (Å²) in [5.41, 5.74) is 3.90. The van der Waals surface area contributed by atoms with Crippen LogP contribution in [-0.2, 0) is 35.7 Å². The zero-order chi connectivity index (χ0) is 34.4. The summed E-state index contributed by atoms with van der Waals surface area (Å²) in [4.78, 5) is 53.6. The molecule has 2 N–H and O–H groups in total. The predicted octanol–water partition coefficient (Wildman–Crippen LogP) is 3.29. The highest BCUT2D eigenvalue weighted by Gasteiger charge is 2.45. The third-order valence-electron chi connectivity index (χ3n) is 8.99. The number of amides is 4. The van der Waals surface area contributed by atoms with Crippen molar-refractivity contribution in [2.75, 3.05) is 11.9 Å². The van der Waals surface area contributed by atoms with E-state index in [0.29, 0.717) is 38.3 Å². The van der Waals surface area contributed by atoms with Crippen molar-refractivity contribution in [3.05, 3.63) is 110 Å². The van der Waals surface area contributed by atoms with E-state index in [0.717, 1.165) is 43.2 Å². The Morgan fingerprint density at radius 2 is 1.90 bits per heavy atom. The number of fused-ring (bicyclic) bond motifs is 3. The number of hydrogen-bond donors (Lipinski definition) is 2. The van der Waals surface area contributed by atoms with Crippen LogP contribution in [0.4, 0.5) is 5.69 Å². The van der Waals surface area contributed by atoms with Crippen LogP contribution >= 0.6 is 11.3 Å². The van der Waals surface area contributed by atoms with Crippen LogP contribution in [0.25, 0.3) is 0 Å². The second-order valence-electron chi connectivity index (χ2n) is 12.2. The number of hydrogen-bond acceptors (Lipinski definition) is 10. The maximum absolute atomic E-state index is 13.4. The fourth-order valence-corrected chi connectivity index (χ4v) is 7.61. The molecule has 1 fully saturated rings. The van der Waals surface area contributed by atoms with E-state index in [1.54, 1.807) is 40.4 Å². The number of aryl methyl sites for hydroxylation is 1. The molecule has 50 heavy (non-hydrogen) atoms. The van der Waals surface area contributed by atoms with Gasteiger partial charge in [0, 0.05) is 36.8 Å².